The van der Waals surface area contributed by atoms with Gasteiger partial charge in [-0.25, -0.2) is 4.79 Å². The van der Waals surface area contributed by atoms with Gasteiger partial charge in [0.15, 0.2) is 0 Å². The largest absolute Gasteiger partial charge is 0.480 e. The highest BCUT2D eigenvalue weighted by atomic mass is 16.5. The van der Waals surface area contributed by atoms with Gasteiger partial charge in [-0.05, 0) is 30.5 Å². The van der Waals surface area contributed by atoms with Crippen LogP contribution in [0.15, 0.2) is 24.5 Å². The minimum atomic E-state index is -1.07. The van der Waals surface area contributed by atoms with E-state index in [1.165, 1.54) is 0 Å². The Balaban J connectivity index is 1.89. The lowest BCUT2D eigenvalue weighted by molar-refractivity contribution is -0.146. The molecule has 6 heteroatoms. The monoisotopic (exact) mass is 264 g/mol. The molecule has 0 atom stereocenters. The van der Waals surface area contributed by atoms with Crippen molar-refractivity contribution in [3.05, 3.63) is 30.1 Å². The summed E-state index contributed by atoms with van der Waals surface area (Å²) in [5.41, 5.74) is 1.01. The molecule has 0 saturated heterocycles. The number of carbonyl (C=O) groups excluding carboxylic acids is 1. The minimum absolute atomic E-state index is 0.166. The number of carboxylic acid groups (broad SMARTS) is 1. The van der Waals surface area contributed by atoms with Crippen molar-refractivity contribution in [1.29, 1.82) is 0 Å². The van der Waals surface area contributed by atoms with E-state index in [4.69, 9.17) is 9.84 Å². The fourth-order valence-corrected chi connectivity index (χ4v) is 1.80. The Kier molecular flexibility index (Phi) is 4.46. The molecule has 1 fully saturated rings. The van der Waals surface area contributed by atoms with Gasteiger partial charge < -0.3 is 14.7 Å². The van der Waals surface area contributed by atoms with E-state index in [0.717, 1.165) is 18.4 Å². The van der Waals surface area contributed by atoms with Gasteiger partial charge in [-0.2, -0.15) is 0 Å². The van der Waals surface area contributed by atoms with Crippen LogP contribution >= 0.6 is 0 Å². The third kappa shape index (κ3) is 4.33. The van der Waals surface area contributed by atoms with E-state index >= 15 is 0 Å². The fraction of sp³-hybridized carbons (Fsp3) is 0.462. The van der Waals surface area contributed by atoms with Crippen LogP contribution in [0, 0.1) is 0 Å². The molecule has 1 N–H and O–H groups in total. The number of carboxylic acids is 1. The van der Waals surface area contributed by atoms with Crippen molar-refractivity contribution >= 4 is 11.9 Å². The number of aromatic nitrogens is 1. The van der Waals surface area contributed by atoms with E-state index in [1.54, 1.807) is 17.3 Å². The van der Waals surface area contributed by atoms with Crippen LogP contribution in [0.1, 0.15) is 18.4 Å². The fourth-order valence-electron chi connectivity index (χ4n) is 1.80. The Hall–Kier alpha value is -1.95. The molecule has 1 amide bonds. The summed E-state index contributed by atoms with van der Waals surface area (Å²) in [5.74, 6) is -1.24. The van der Waals surface area contributed by atoms with Gasteiger partial charge in [-0.15, -0.1) is 0 Å². The normalized spacial score (nSPS) is 14.1. The maximum absolute atomic E-state index is 12.0. The zero-order chi connectivity index (χ0) is 13.7. The number of pyridine rings is 1. The highest BCUT2D eigenvalue weighted by Crippen LogP contribution is 2.28. The number of hydrogen-bond donors (Lipinski definition) is 1. The number of carbonyl (C=O) groups is 2. The third-order valence-electron chi connectivity index (χ3n) is 2.86. The SMILES string of the molecule is O=C(O)COCC(=O)N(Cc1ccncc1)C1CC1. The summed E-state index contributed by atoms with van der Waals surface area (Å²) in [7, 11) is 0. The molecule has 1 aromatic heterocycles. The summed E-state index contributed by atoms with van der Waals surface area (Å²) >= 11 is 0. The van der Waals surface area contributed by atoms with Gasteiger partial charge in [-0.1, -0.05) is 0 Å². The molecule has 1 aromatic rings. The van der Waals surface area contributed by atoms with E-state index < -0.39 is 12.6 Å². The first-order valence-corrected chi connectivity index (χ1v) is 6.14. The number of hydrogen-bond acceptors (Lipinski definition) is 4. The molecule has 0 unspecified atom stereocenters. The predicted octanol–water partition coefficient (Wildman–Crippen LogP) is 0.674. The average molecular weight is 264 g/mol. The smallest absolute Gasteiger partial charge is 0.329 e. The van der Waals surface area contributed by atoms with E-state index in [9.17, 15) is 9.59 Å². The lowest BCUT2D eigenvalue weighted by Crippen LogP contribution is -2.35. The molecule has 0 radical (unpaired) electrons. The molecule has 0 spiro atoms. The van der Waals surface area contributed by atoms with Gasteiger partial charge in [0.2, 0.25) is 5.91 Å². The van der Waals surface area contributed by atoms with Crippen LogP contribution in [0.2, 0.25) is 0 Å². The molecule has 1 heterocycles. The van der Waals surface area contributed by atoms with Crippen LogP contribution in [0.3, 0.4) is 0 Å². The minimum Gasteiger partial charge on any atom is -0.480 e. The van der Waals surface area contributed by atoms with Gasteiger partial charge in [0.05, 0.1) is 0 Å². The number of ether oxygens (including phenoxy) is 1. The van der Waals surface area contributed by atoms with Crippen molar-refractivity contribution in [2.45, 2.75) is 25.4 Å². The first kappa shape index (κ1) is 13.5. The van der Waals surface area contributed by atoms with Crippen molar-refractivity contribution in [2.24, 2.45) is 0 Å². The summed E-state index contributed by atoms with van der Waals surface area (Å²) in [6.45, 7) is -0.115. The predicted molar refractivity (Wildman–Crippen MR) is 66.3 cm³/mol. The second kappa shape index (κ2) is 6.29. The van der Waals surface area contributed by atoms with Gasteiger partial charge in [0.25, 0.3) is 0 Å². The molecule has 1 saturated carbocycles. The van der Waals surface area contributed by atoms with Gasteiger partial charge in [0.1, 0.15) is 13.2 Å². The Morgan fingerprint density at radius 1 is 1.32 bits per heavy atom. The van der Waals surface area contributed by atoms with Gasteiger partial charge in [-0.3, -0.25) is 9.78 Å². The first-order valence-electron chi connectivity index (χ1n) is 6.14. The summed E-state index contributed by atoms with van der Waals surface area (Å²) in [6.07, 6.45) is 5.36. The van der Waals surface area contributed by atoms with E-state index in [0.29, 0.717) is 6.54 Å². The van der Waals surface area contributed by atoms with Crippen LogP contribution in [0.5, 0.6) is 0 Å². The molecule has 0 aliphatic heterocycles. The van der Waals surface area contributed by atoms with Gasteiger partial charge in [0, 0.05) is 25.0 Å². The van der Waals surface area contributed by atoms with Crippen LogP contribution in [0.4, 0.5) is 0 Å². The number of aliphatic carboxylic acids is 1. The lowest BCUT2D eigenvalue weighted by atomic mass is 10.2. The van der Waals surface area contributed by atoms with Crippen molar-refractivity contribution < 1.29 is 19.4 Å². The highest BCUT2D eigenvalue weighted by molar-refractivity contribution is 5.78. The van der Waals surface area contributed by atoms with E-state index in [-0.39, 0.29) is 18.6 Å². The van der Waals surface area contributed by atoms with Crippen LogP contribution in [0.25, 0.3) is 0 Å². The Bertz CT molecular complexity index is 445. The van der Waals surface area contributed by atoms with E-state index in [1.807, 2.05) is 12.1 Å². The first-order chi connectivity index (χ1) is 9.16. The Morgan fingerprint density at radius 3 is 2.58 bits per heavy atom. The van der Waals surface area contributed by atoms with Crippen molar-refractivity contribution in [3.8, 4) is 0 Å². The maximum Gasteiger partial charge on any atom is 0.329 e. The average Bonchev–Trinajstić information content (AvgIpc) is 3.21. The molecule has 102 valence electrons. The number of rotatable bonds is 7. The topological polar surface area (TPSA) is 79.7 Å². The lowest BCUT2D eigenvalue weighted by Gasteiger charge is -2.22. The van der Waals surface area contributed by atoms with Crippen molar-refractivity contribution in [2.75, 3.05) is 13.2 Å². The zero-order valence-electron chi connectivity index (χ0n) is 10.5. The maximum atomic E-state index is 12.0. The highest BCUT2D eigenvalue weighted by Gasteiger charge is 2.32. The zero-order valence-corrected chi connectivity index (χ0v) is 10.5. The molecule has 0 aromatic carbocycles. The van der Waals surface area contributed by atoms with Crippen LogP contribution in [-0.4, -0.2) is 46.1 Å². The molecule has 1 aliphatic carbocycles. The summed E-state index contributed by atoms with van der Waals surface area (Å²) in [4.78, 5) is 28.0. The summed E-state index contributed by atoms with van der Waals surface area (Å²) in [5, 5.41) is 8.46. The standard InChI is InChI=1S/C13H16N2O4/c16-12(8-19-9-13(17)18)15(11-1-2-11)7-10-3-5-14-6-4-10/h3-6,11H,1-2,7-9H2,(H,17,18). The number of nitrogens with zero attached hydrogens (tertiary/aromatic N) is 2. The summed E-state index contributed by atoms with van der Waals surface area (Å²) in [6, 6.07) is 3.98. The summed E-state index contributed by atoms with van der Waals surface area (Å²) < 4.78 is 4.85. The molecular weight excluding hydrogens is 248 g/mol. The Morgan fingerprint density at radius 2 is 2.00 bits per heavy atom. The molecular formula is C13H16N2O4. The molecule has 1 aliphatic rings. The molecule has 0 bridgehead atoms. The molecule has 19 heavy (non-hydrogen) atoms. The van der Waals surface area contributed by atoms with Gasteiger partial charge >= 0.3 is 5.97 Å². The van der Waals surface area contributed by atoms with E-state index in [2.05, 4.69) is 4.98 Å². The van der Waals surface area contributed by atoms with Crippen molar-refractivity contribution in [3.63, 3.8) is 0 Å². The number of amides is 1. The quantitative estimate of drug-likeness (QED) is 0.783. The van der Waals surface area contributed by atoms with Crippen LogP contribution in [-0.2, 0) is 20.9 Å². The van der Waals surface area contributed by atoms with Crippen molar-refractivity contribution in [1.82, 2.24) is 9.88 Å². The second-order valence-corrected chi connectivity index (χ2v) is 4.49. The third-order valence-corrected chi connectivity index (χ3v) is 2.86. The second-order valence-electron chi connectivity index (χ2n) is 4.49. The molecule has 6 nitrogen and oxygen atoms in total. The molecule has 2 rings (SSSR count). The van der Waals surface area contributed by atoms with Crippen LogP contribution < -0.4 is 0 Å². The Labute approximate surface area is 111 Å².